The molecule has 1 saturated heterocycles. The van der Waals surface area contributed by atoms with Crippen molar-refractivity contribution in [2.75, 3.05) is 13.1 Å². The average molecular weight is 596 g/mol. The van der Waals surface area contributed by atoms with Gasteiger partial charge >= 0.3 is 0 Å². The molecule has 5 atom stereocenters. The van der Waals surface area contributed by atoms with Crippen molar-refractivity contribution in [2.45, 2.75) is 56.8 Å². The number of rotatable bonds is 3. The number of carbonyl (C=O) groups is 3. The van der Waals surface area contributed by atoms with Crippen LogP contribution < -0.4 is 5.73 Å². The maximum absolute atomic E-state index is 13.6. The molecule has 5 rings (SSSR count). The lowest BCUT2D eigenvalue weighted by molar-refractivity contribution is -0.174. The molecule has 1 heterocycles. The Morgan fingerprint density at radius 2 is 1.86 bits per heavy atom. The number of hydrogen-bond acceptors (Lipinski definition) is 8. The predicted molar refractivity (Wildman–Crippen MR) is 133 cm³/mol. The first kappa shape index (κ1) is 24.7. The van der Waals surface area contributed by atoms with Crippen molar-refractivity contribution in [3.8, 4) is 5.75 Å². The molecule has 3 aliphatic carbocycles. The third-order valence-electron chi connectivity index (χ3n) is 8.25. The van der Waals surface area contributed by atoms with Gasteiger partial charge in [-0.1, -0.05) is 6.42 Å². The number of ketones is 2. The third kappa shape index (κ3) is 3.71. The van der Waals surface area contributed by atoms with Crippen LogP contribution >= 0.6 is 22.6 Å². The summed E-state index contributed by atoms with van der Waals surface area (Å²) in [7, 11) is 0. The molecule has 1 aromatic rings. The molecule has 0 bridgehead atoms. The summed E-state index contributed by atoms with van der Waals surface area (Å²) in [6.07, 6.45) is 2.35. The number of benzene rings is 1. The van der Waals surface area contributed by atoms with Crippen molar-refractivity contribution in [3.05, 3.63) is 31.9 Å². The van der Waals surface area contributed by atoms with Crippen molar-refractivity contribution in [2.24, 2.45) is 23.5 Å². The van der Waals surface area contributed by atoms with Crippen LogP contribution in [-0.4, -0.2) is 67.6 Å². The van der Waals surface area contributed by atoms with E-state index in [1.54, 1.807) is 0 Å². The van der Waals surface area contributed by atoms with Crippen LogP contribution in [0.3, 0.4) is 0 Å². The van der Waals surface area contributed by atoms with Crippen LogP contribution in [-0.2, 0) is 27.3 Å². The van der Waals surface area contributed by atoms with E-state index in [0.717, 1.165) is 29.5 Å². The number of phenols is 1. The van der Waals surface area contributed by atoms with Crippen molar-refractivity contribution < 1.29 is 34.8 Å². The van der Waals surface area contributed by atoms with E-state index < -0.39 is 52.7 Å². The van der Waals surface area contributed by atoms with Crippen molar-refractivity contribution in [1.82, 2.24) is 4.90 Å². The van der Waals surface area contributed by atoms with Gasteiger partial charge in [-0.3, -0.25) is 19.3 Å². The highest BCUT2D eigenvalue weighted by atomic mass is 127. The number of aliphatic hydroxyl groups excluding tert-OH is 2. The van der Waals surface area contributed by atoms with E-state index in [9.17, 15) is 34.8 Å². The van der Waals surface area contributed by atoms with E-state index in [2.05, 4.69) is 27.5 Å². The first-order valence-electron chi connectivity index (χ1n) is 12.0. The van der Waals surface area contributed by atoms with Crippen molar-refractivity contribution in [3.63, 3.8) is 0 Å². The predicted octanol–water partition coefficient (Wildman–Crippen LogP) is 1.18. The van der Waals surface area contributed by atoms with Crippen LogP contribution in [0.2, 0.25) is 0 Å². The number of nitrogens with zero attached hydrogens (tertiary/aromatic N) is 1. The number of primary amides is 1. The summed E-state index contributed by atoms with van der Waals surface area (Å²) >= 11 is 2.17. The summed E-state index contributed by atoms with van der Waals surface area (Å²) in [5.41, 5.74) is 4.15. The molecule has 0 spiro atoms. The van der Waals surface area contributed by atoms with Crippen molar-refractivity contribution >= 4 is 45.8 Å². The van der Waals surface area contributed by atoms with Crippen LogP contribution in [0.4, 0.5) is 0 Å². The van der Waals surface area contributed by atoms with Gasteiger partial charge in [0.1, 0.15) is 17.4 Å². The minimum Gasteiger partial charge on any atom is -0.507 e. The smallest absolute Gasteiger partial charge is 0.230 e. The van der Waals surface area contributed by atoms with E-state index in [-0.39, 0.29) is 29.7 Å². The first-order chi connectivity index (χ1) is 16.6. The summed E-state index contributed by atoms with van der Waals surface area (Å²) < 4.78 is 0.856. The number of fused-ring (bicyclic) bond motifs is 3. The van der Waals surface area contributed by atoms with Gasteiger partial charge < -0.3 is 26.2 Å². The lowest BCUT2D eigenvalue weighted by atomic mass is 9.56. The number of Topliss-reactive ketones (excluding diaryl/α,β-unsaturated/α-hetero) is 2. The zero-order chi connectivity index (χ0) is 25.2. The van der Waals surface area contributed by atoms with Gasteiger partial charge in [-0.2, -0.15) is 0 Å². The standard InChI is InChI=1S/C25H29IN2O7/c26-15-8-12(10-28-4-2-1-3-5-28)20(30)18-14(15)7-11-6-13-9-16(29)19(24(27)34)23(33)25(13,35)22(32)17(11)21(18)31/h8,11,13,16,19,29-31,35H,1-7,9-10H2,(H2,27,34)/t11-,13+,16?,19?,25+/m1/s1. The van der Waals surface area contributed by atoms with Crippen LogP contribution in [0.5, 0.6) is 5.75 Å². The zero-order valence-electron chi connectivity index (χ0n) is 19.2. The lowest BCUT2D eigenvalue weighted by Crippen LogP contribution is -2.66. The molecule has 35 heavy (non-hydrogen) atoms. The second kappa shape index (κ2) is 8.82. The number of carbonyl (C=O) groups excluding carboxylic acids is 3. The number of amides is 1. The molecule has 3 fully saturated rings. The molecule has 6 N–H and O–H groups in total. The molecule has 0 aromatic heterocycles. The molecule has 10 heteroatoms. The second-order valence-corrected chi connectivity index (χ2v) is 11.5. The molecule has 4 aliphatic rings. The zero-order valence-corrected chi connectivity index (χ0v) is 21.3. The van der Waals surface area contributed by atoms with Crippen LogP contribution in [0.25, 0.3) is 5.76 Å². The molecule has 9 nitrogen and oxygen atoms in total. The van der Waals surface area contributed by atoms with Gasteiger partial charge in [-0.15, -0.1) is 0 Å². The Labute approximate surface area is 216 Å². The first-order valence-corrected chi connectivity index (χ1v) is 13.1. The fourth-order valence-electron chi connectivity index (χ4n) is 6.48. The van der Waals surface area contributed by atoms with Gasteiger partial charge in [0.2, 0.25) is 11.7 Å². The van der Waals surface area contributed by atoms with Gasteiger partial charge in [0.05, 0.1) is 11.7 Å². The SMILES string of the molecule is NC(=O)C1C(=O)[C@@]2(O)C(=O)C3=C(O)c4c(O)c(CN5CCCCC5)cc(I)c4C[C@H]3C[C@H]2CC1O. The minimum atomic E-state index is -2.55. The van der Waals surface area contributed by atoms with Crippen molar-refractivity contribution in [1.29, 1.82) is 0 Å². The maximum Gasteiger partial charge on any atom is 0.230 e. The molecule has 1 aliphatic heterocycles. The summed E-state index contributed by atoms with van der Waals surface area (Å²) in [6.45, 7) is 2.35. The highest BCUT2D eigenvalue weighted by Gasteiger charge is 2.64. The Hall–Kier alpha value is -2.02. The van der Waals surface area contributed by atoms with Crippen LogP contribution in [0, 0.1) is 21.3 Å². The number of aromatic hydroxyl groups is 1. The van der Waals surface area contributed by atoms with E-state index in [1.807, 2.05) is 6.07 Å². The summed E-state index contributed by atoms with van der Waals surface area (Å²) in [5.74, 6) is -6.82. The Morgan fingerprint density at radius 3 is 2.51 bits per heavy atom. The third-order valence-corrected chi connectivity index (χ3v) is 9.21. The van der Waals surface area contributed by atoms with E-state index >= 15 is 0 Å². The Bertz CT molecular complexity index is 1160. The van der Waals surface area contributed by atoms with Crippen LogP contribution in [0.15, 0.2) is 11.6 Å². The highest BCUT2D eigenvalue weighted by molar-refractivity contribution is 14.1. The Kier molecular flexibility index (Phi) is 6.22. The summed E-state index contributed by atoms with van der Waals surface area (Å²) in [5, 5.41) is 44.2. The van der Waals surface area contributed by atoms with Gasteiger partial charge in [-0.05, 0) is 85.3 Å². The summed E-state index contributed by atoms with van der Waals surface area (Å²) in [6, 6.07) is 1.91. The molecule has 1 amide bonds. The minimum absolute atomic E-state index is 0.100. The molecule has 1 aromatic carbocycles. The van der Waals surface area contributed by atoms with E-state index in [0.29, 0.717) is 24.1 Å². The topological polar surface area (TPSA) is 161 Å². The van der Waals surface area contributed by atoms with E-state index in [4.69, 9.17) is 5.73 Å². The van der Waals surface area contributed by atoms with E-state index in [1.165, 1.54) is 6.42 Å². The molecular weight excluding hydrogens is 567 g/mol. The number of halogens is 1. The number of nitrogens with two attached hydrogens (primary N) is 1. The Morgan fingerprint density at radius 1 is 1.17 bits per heavy atom. The molecule has 2 saturated carbocycles. The fourth-order valence-corrected chi connectivity index (χ4v) is 7.34. The lowest BCUT2D eigenvalue weighted by Gasteiger charge is -2.48. The average Bonchev–Trinajstić information content (AvgIpc) is 2.80. The number of aliphatic hydroxyl groups is 3. The van der Waals surface area contributed by atoms with Crippen LogP contribution in [0.1, 0.15) is 48.8 Å². The Balaban J connectivity index is 1.58. The number of likely N-dealkylation sites (tertiary alicyclic amines) is 1. The van der Waals surface area contributed by atoms with Gasteiger partial charge in [-0.25, -0.2) is 0 Å². The number of phenolic OH excluding ortho intramolecular Hbond substituents is 1. The highest BCUT2D eigenvalue weighted by Crippen LogP contribution is 2.52. The summed E-state index contributed by atoms with van der Waals surface area (Å²) in [4.78, 5) is 40.7. The second-order valence-electron chi connectivity index (χ2n) is 10.3. The van der Waals surface area contributed by atoms with Gasteiger partial charge in [0.15, 0.2) is 11.4 Å². The normalized spacial score (nSPS) is 33.2. The number of hydrogen-bond donors (Lipinski definition) is 5. The largest absolute Gasteiger partial charge is 0.507 e. The fraction of sp³-hybridized carbons (Fsp3) is 0.560. The van der Waals surface area contributed by atoms with Gasteiger partial charge in [0, 0.05) is 27.2 Å². The van der Waals surface area contributed by atoms with Gasteiger partial charge in [0.25, 0.3) is 0 Å². The molecule has 2 unspecified atom stereocenters. The monoisotopic (exact) mass is 596 g/mol. The maximum atomic E-state index is 13.6. The molecule has 0 radical (unpaired) electrons. The molecule has 188 valence electrons. The quantitative estimate of drug-likeness (QED) is 0.257. The molecular formula is C25H29IN2O7. The number of piperidine rings is 1.